The summed E-state index contributed by atoms with van der Waals surface area (Å²) in [5.41, 5.74) is 9.84. The molecule has 0 rings (SSSR count). The van der Waals surface area contributed by atoms with E-state index in [0.717, 1.165) is 0 Å². The van der Waals surface area contributed by atoms with E-state index in [1.54, 1.807) is 0 Å². The van der Waals surface area contributed by atoms with Gasteiger partial charge in [-0.05, 0) is 0 Å². The van der Waals surface area contributed by atoms with E-state index in [4.69, 9.17) is 15.6 Å². The van der Waals surface area contributed by atoms with E-state index in [1.165, 1.54) is 50.3 Å². The van der Waals surface area contributed by atoms with Crippen molar-refractivity contribution in [3.63, 3.8) is 0 Å². The average Bonchev–Trinajstić information content (AvgIpc) is 2.30. The highest BCUT2D eigenvalue weighted by Crippen LogP contribution is 2.28. The van der Waals surface area contributed by atoms with Crippen LogP contribution in [0.1, 0.15) is 59.3 Å². The molecular formula is C10H29N4O4PS. The van der Waals surface area contributed by atoms with Gasteiger partial charge >= 0.3 is 10.3 Å². The first-order valence-electron chi connectivity index (χ1n) is 6.78. The smallest absolute Gasteiger partial charge is 0.273 e. The van der Waals surface area contributed by atoms with Gasteiger partial charge in [0.2, 0.25) is 0 Å². The van der Waals surface area contributed by atoms with E-state index >= 15 is 0 Å². The molecule has 0 fully saturated rings. The van der Waals surface area contributed by atoms with Crippen molar-refractivity contribution in [2.75, 3.05) is 6.54 Å². The summed E-state index contributed by atoms with van der Waals surface area (Å²) in [6, 6.07) is 0. The van der Waals surface area contributed by atoms with Crippen molar-refractivity contribution in [2.45, 2.75) is 59.3 Å². The Hall–Kier alpha value is -0.0200. The highest BCUT2D eigenvalue weighted by atomic mass is 32.2. The Morgan fingerprint density at radius 3 is 1.60 bits per heavy atom. The largest absolute Gasteiger partial charge is 0.346 e. The van der Waals surface area contributed by atoms with E-state index in [-0.39, 0.29) is 6.54 Å². The molecule has 0 unspecified atom stereocenters. The zero-order valence-corrected chi connectivity index (χ0v) is 14.3. The van der Waals surface area contributed by atoms with Gasteiger partial charge in [-0.3, -0.25) is 20.1 Å². The lowest BCUT2D eigenvalue weighted by Gasteiger charge is -2.21. The van der Waals surface area contributed by atoms with Crippen LogP contribution in [0.15, 0.2) is 0 Å². The molecule has 0 saturated carbocycles. The number of nitrogens with one attached hydrogen (secondary N) is 1. The third-order valence-corrected chi connectivity index (χ3v) is 4.08. The maximum atomic E-state index is 10.9. The first-order chi connectivity index (χ1) is 9.08. The van der Waals surface area contributed by atoms with Crippen molar-refractivity contribution >= 4 is 17.9 Å². The molecule has 0 radical (unpaired) electrons. The molecule has 20 heavy (non-hydrogen) atoms. The van der Waals surface area contributed by atoms with Crippen LogP contribution in [0.3, 0.4) is 0 Å². The lowest BCUT2D eigenvalue weighted by Crippen LogP contribution is -2.43. The van der Waals surface area contributed by atoms with E-state index < -0.39 is 17.9 Å². The normalized spacial score (nSPS) is 12.2. The molecule has 0 heterocycles. The summed E-state index contributed by atoms with van der Waals surface area (Å²) in [5, 5.41) is 0. The van der Waals surface area contributed by atoms with Crippen LogP contribution in [-0.2, 0) is 14.9 Å². The average molecular weight is 332 g/mol. The first kappa shape index (κ1) is 22.3. The predicted octanol–water partition coefficient (Wildman–Crippen LogP) is 2.01. The van der Waals surface area contributed by atoms with Gasteiger partial charge in [-0.15, -0.1) is 4.83 Å². The number of hydrogen-bond acceptors (Lipinski definition) is 3. The van der Waals surface area contributed by atoms with Crippen LogP contribution in [-0.4, -0.2) is 24.3 Å². The van der Waals surface area contributed by atoms with Crippen molar-refractivity contribution in [2.24, 2.45) is 11.0 Å². The summed E-state index contributed by atoms with van der Waals surface area (Å²) < 4.78 is 40.1. The second-order valence-electron chi connectivity index (χ2n) is 4.37. The van der Waals surface area contributed by atoms with Crippen LogP contribution in [0.2, 0.25) is 0 Å². The molecule has 0 aliphatic heterocycles. The fraction of sp³-hybridized carbons (Fsp3) is 1.00. The third kappa shape index (κ3) is 16.0. The Balaban J connectivity index is 0. The second-order valence-corrected chi connectivity index (χ2v) is 7.33. The molecule has 10 heteroatoms. The molecule has 8 nitrogen and oxygen atoms in total. The number of rotatable bonds is 9. The van der Waals surface area contributed by atoms with E-state index in [9.17, 15) is 13.0 Å². The summed E-state index contributed by atoms with van der Waals surface area (Å²) in [6.45, 7) is 5.95. The lowest BCUT2D eigenvalue weighted by molar-refractivity contribution is 0.360. The SMILES string of the molecule is CCCCCCCC.CCN(NS(=O)(=O)O)P(N)(N)=O. The Morgan fingerprint density at radius 2 is 1.45 bits per heavy atom. The Kier molecular flexibility index (Phi) is 12.9. The second kappa shape index (κ2) is 11.6. The number of unbranched alkanes of at least 4 members (excludes halogenated alkanes) is 5. The zero-order valence-electron chi connectivity index (χ0n) is 12.6. The number of hydrazine groups is 1. The van der Waals surface area contributed by atoms with E-state index in [0.29, 0.717) is 4.78 Å². The van der Waals surface area contributed by atoms with Gasteiger partial charge in [0.25, 0.3) is 7.59 Å². The highest BCUT2D eigenvalue weighted by Gasteiger charge is 2.23. The maximum Gasteiger partial charge on any atom is 0.346 e. The molecular weight excluding hydrogens is 303 g/mol. The molecule has 0 aliphatic rings. The Bertz CT molecular complexity index is 365. The summed E-state index contributed by atoms with van der Waals surface area (Å²) in [4.78, 5) is 1.49. The van der Waals surface area contributed by atoms with Crippen molar-refractivity contribution < 1.29 is 17.5 Å². The molecule has 0 amide bonds. The topological polar surface area (TPSA) is 139 Å². The van der Waals surface area contributed by atoms with Gasteiger partial charge < -0.3 is 0 Å². The van der Waals surface area contributed by atoms with Crippen LogP contribution in [0, 0.1) is 0 Å². The molecule has 0 aromatic heterocycles. The molecule has 0 bridgehead atoms. The van der Waals surface area contributed by atoms with Crippen LogP contribution in [0.25, 0.3) is 0 Å². The van der Waals surface area contributed by atoms with Crippen molar-refractivity contribution in [3.05, 3.63) is 0 Å². The van der Waals surface area contributed by atoms with Gasteiger partial charge in [0.05, 0.1) is 0 Å². The molecule has 0 spiro atoms. The van der Waals surface area contributed by atoms with Crippen molar-refractivity contribution in [3.8, 4) is 0 Å². The molecule has 0 aliphatic carbocycles. The molecule has 0 aromatic rings. The minimum Gasteiger partial charge on any atom is -0.273 e. The molecule has 124 valence electrons. The van der Waals surface area contributed by atoms with Crippen molar-refractivity contribution in [1.82, 2.24) is 9.61 Å². The van der Waals surface area contributed by atoms with Crippen LogP contribution in [0.5, 0.6) is 0 Å². The standard InChI is InChI=1S/C8H18.C2H11N4O4PS/c1-3-5-7-8-6-4-2;1-2-6(11(3,4)7)5-12(8,9)10/h3-8H2,1-2H3;5H,2H2,1H3,(H4,3,4,7)(H,8,9,10). The van der Waals surface area contributed by atoms with Gasteiger partial charge in [0, 0.05) is 6.54 Å². The number of nitrogens with two attached hydrogens (primary N) is 2. The number of hydrogen-bond donors (Lipinski definition) is 4. The quantitative estimate of drug-likeness (QED) is 0.219. The van der Waals surface area contributed by atoms with Gasteiger partial charge in [-0.25, -0.2) is 0 Å². The summed E-state index contributed by atoms with van der Waals surface area (Å²) in [6.07, 6.45) is 8.49. The summed E-state index contributed by atoms with van der Waals surface area (Å²) >= 11 is 0. The highest BCUT2D eigenvalue weighted by molar-refractivity contribution is 7.84. The van der Waals surface area contributed by atoms with Crippen LogP contribution < -0.4 is 15.8 Å². The van der Waals surface area contributed by atoms with Gasteiger partial charge in [0.15, 0.2) is 0 Å². The van der Waals surface area contributed by atoms with Crippen LogP contribution in [0.4, 0.5) is 0 Å². The summed E-state index contributed by atoms with van der Waals surface area (Å²) in [5.74, 6) is 0. The van der Waals surface area contributed by atoms with Gasteiger partial charge in [0.1, 0.15) is 0 Å². The van der Waals surface area contributed by atoms with Crippen molar-refractivity contribution in [1.29, 1.82) is 0 Å². The van der Waals surface area contributed by atoms with Gasteiger partial charge in [-0.1, -0.05) is 59.3 Å². The van der Waals surface area contributed by atoms with Crippen LogP contribution >= 0.6 is 7.59 Å². The lowest BCUT2D eigenvalue weighted by atomic mass is 10.1. The minimum absolute atomic E-state index is 0.0237. The van der Waals surface area contributed by atoms with E-state index in [1.807, 2.05) is 0 Å². The third-order valence-electron chi connectivity index (χ3n) is 2.35. The Labute approximate surface area is 122 Å². The number of nitrogens with zero attached hydrogens (tertiary/aromatic N) is 1. The molecule has 0 atom stereocenters. The fourth-order valence-electron chi connectivity index (χ4n) is 1.34. The summed E-state index contributed by atoms with van der Waals surface area (Å²) in [7, 11) is -8.16. The van der Waals surface area contributed by atoms with E-state index in [2.05, 4.69) is 13.8 Å². The van der Waals surface area contributed by atoms with Gasteiger partial charge in [-0.2, -0.15) is 13.2 Å². The molecule has 0 saturated heterocycles. The monoisotopic (exact) mass is 332 g/mol. The molecule has 0 aromatic carbocycles. The molecule has 6 N–H and O–H groups in total. The zero-order chi connectivity index (χ0) is 16.2. The minimum atomic E-state index is -4.47. The first-order valence-corrected chi connectivity index (χ1v) is 10.0. The predicted molar refractivity (Wildman–Crippen MR) is 82.1 cm³/mol. The fourth-order valence-corrected chi connectivity index (χ4v) is 2.99. The maximum absolute atomic E-state index is 10.9. The Morgan fingerprint density at radius 1 is 1.05 bits per heavy atom.